The Hall–Kier alpha value is -0.640. The quantitative estimate of drug-likeness (QED) is 0.695. The van der Waals surface area contributed by atoms with Crippen molar-refractivity contribution >= 4 is 0 Å². The summed E-state index contributed by atoms with van der Waals surface area (Å²) in [5.41, 5.74) is 1.99. The summed E-state index contributed by atoms with van der Waals surface area (Å²) < 4.78 is 0. The van der Waals surface area contributed by atoms with Crippen molar-refractivity contribution in [2.45, 2.75) is 72.0 Å². The third-order valence-corrected chi connectivity index (χ3v) is 6.80. The lowest BCUT2D eigenvalue weighted by Gasteiger charge is -2.59. The van der Waals surface area contributed by atoms with Crippen molar-refractivity contribution in [2.75, 3.05) is 6.61 Å². The van der Waals surface area contributed by atoms with Gasteiger partial charge in [-0.05, 0) is 66.4 Å². The van der Waals surface area contributed by atoms with Crippen LogP contribution in [0.25, 0.3) is 0 Å². The van der Waals surface area contributed by atoms with Gasteiger partial charge in [0.05, 0.1) is 18.8 Å². The van der Waals surface area contributed by atoms with Gasteiger partial charge < -0.3 is 15.3 Å². The van der Waals surface area contributed by atoms with Gasteiger partial charge in [0, 0.05) is 0 Å². The molecule has 0 heterocycles. The third kappa shape index (κ3) is 3.42. The summed E-state index contributed by atoms with van der Waals surface area (Å²) in [4.78, 5) is 0. The van der Waals surface area contributed by atoms with Gasteiger partial charge in [-0.15, -0.1) is 0 Å². The second kappa shape index (κ2) is 6.70. The molecule has 0 spiro atoms. The van der Waals surface area contributed by atoms with Gasteiger partial charge in [-0.25, -0.2) is 0 Å². The van der Waals surface area contributed by atoms with Crippen LogP contribution in [-0.2, 0) is 0 Å². The van der Waals surface area contributed by atoms with Crippen molar-refractivity contribution in [3.8, 4) is 0 Å². The zero-order valence-electron chi connectivity index (χ0n) is 15.2. The van der Waals surface area contributed by atoms with Gasteiger partial charge in [0.2, 0.25) is 0 Å². The summed E-state index contributed by atoms with van der Waals surface area (Å²) in [7, 11) is 0. The van der Waals surface area contributed by atoms with Crippen LogP contribution in [0.5, 0.6) is 0 Å². The van der Waals surface area contributed by atoms with Crippen molar-refractivity contribution in [1.29, 1.82) is 0 Å². The van der Waals surface area contributed by atoms with Crippen molar-refractivity contribution in [2.24, 2.45) is 22.7 Å². The summed E-state index contributed by atoms with van der Waals surface area (Å²) >= 11 is 0. The summed E-state index contributed by atoms with van der Waals surface area (Å²) in [6.07, 6.45) is 5.51. The average Bonchev–Trinajstić information content (AvgIpc) is 2.46. The average molecular weight is 322 g/mol. The molecule has 0 amide bonds. The number of aliphatic hydroxyl groups is 3. The summed E-state index contributed by atoms with van der Waals surface area (Å²) in [6, 6.07) is 0. The summed E-state index contributed by atoms with van der Waals surface area (Å²) in [5, 5.41) is 30.1. The molecule has 2 aliphatic rings. The number of hydrogen-bond donors (Lipinski definition) is 3. The molecule has 3 N–H and O–H groups in total. The van der Waals surface area contributed by atoms with Crippen molar-refractivity contribution in [3.63, 3.8) is 0 Å². The Kier molecular flexibility index (Phi) is 5.44. The summed E-state index contributed by atoms with van der Waals surface area (Å²) in [5.74, 6) is 0.566. The minimum atomic E-state index is -0.586. The Morgan fingerprint density at radius 1 is 1.35 bits per heavy atom. The molecule has 0 saturated heterocycles. The van der Waals surface area contributed by atoms with Crippen LogP contribution in [0.1, 0.15) is 59.8 Å². The van der Waals surface area contributed by atoms with E-state index in [0.717, 1.165) is 24.0 Å². The largest absolute Gasteiger partial charge is 0.392 e. The lowest BCUT2D eigenvalue weighted by atomic mass is 9.46. The molecular formula is C20H34O3. The second-order valence-corrected chi connectivity index (χ2v) is 8.66. The van der Waals surface area contributed by atoms with Crippen LogP contribution in [0.4, 0.5) is 0 Å². The fraction of sp³-hybridized carbons (Fsp3) is 0.800. The van der Waals surface area contributed by atoms with Gasteiger partial charge in [0.15, 0.2) is 0 Å². The van der Waals surface area contributed by atoms with Crippen LogP contribution in [0, 0.1) is 22.7 Å². The molecule has 2 aliphatic carbocycles. The van der Waals surface area contributed by atoms with Gasteiger partial charge in [0.25, 0.3) is 0 Å². The highest BCUT2D eigenvalue weighted by Gasteiger charge is 2.55. The van der Waals surface area contributed by atoms with E-state index in [-0.39, 0.29) is 23.4 Å². The third-order valence-electron chi connectivity index (χ3n) is 6.80. The van der Waals surface area contributed by atoms with E-state index in [9.17, 15) is 10.2 Å². The van der Waals surface area contributed by atoms with Crippen molar-refractivity contribution in [1.82, 2.24) is 0 Å². The van der Waals surface area contributed by atoms with Gasteiger partial charge >= 0.3 is 0 Å². The maximum Gasteiger partial charge on any atom is 0.0754 e. The molecule has 3 nitrogen and oxygen atoms in total. The molecule has 0 aromatic rings. The molecular weight excluding hydrogens is 288 g/mol. The van der Waals surface area contributed by atoms with Crippen LogP contribution < -0.4 is 0 Å². The molecule has 0 aromatic carbocycles. The first-order chi connectivity index (χ1) is 10.6. The van der Waals surface area contributed by atoms with E-state index in [1.807, 2.05) is 6.92 Å². The highest BCUT2D eigenvalue weighted by molar-refractivity contribution is 5.21. The zero-order valence-corrected chi connectivity index (χ0v) is 15.2. The Morgan fingerprint density at radius 3 is 2.61 bits per heavy atom. The van der Waals surface area contributed by atoms with Crippen LogP contribution in [0.3, 0.4) is 0 Å². The predicted molar refractivity (Wildman–Crippen MR) is 93.9 cm³/mol. The fourth-order valence-corrected chi connectivity index (χ4v) is 5.31. The molecule has 132 valence electrons. The first kappa shape index (κ1) is 18.7. The minimum absolute atomic E-state index is 0.0515. The van der Waals surface area contributed by atoms with Crippen LogP contribution in [0.2, 0.25) is 0 Å². The number of rotatable bonds is 4. The smallest absolute Gasteiger partial charge is 0.0754 e. The molecule has 3 heteroatoms. The number of aliphatic hydroxyl groups excluding tert-OH is 3. The monoisotopic (exact) mass is 322 g/mol. The Labute approximate surface area is 141 Å². The van der Waals surface area contributed by atoms with E-state index >= 15 is 0 Å². The van der Waals surface area contributed by atoms with Crippen LogP contribution in [-0.4, -0.2) is 34.1 Å². The second-order valence-electron chi connectivity index (χ2n) is 8.66. The van der Waals surface area contributed by atoms with Gasteiger partial charge in [0.1, 0.15) is 0 Å². The molecule has 23 heavy (non-hydrogen) atoms. The first-order valence-corrected chi connectivity index (χ1v) is 8.96. The number of hydrogen-bond acceptors (Lipinski definition) is 3. The molecule has 0 bridgehead atoms. The standard InChI is InChI=1S/C20H34O3/c1-13(7-10-21)16(22)11-15-14(2)17(23)12-18-19(3,4)8-6-9-20(15,18)5/h7,15-18,21-23H,2,6,8-12H2,1,3-5H3/b13-7+/t15-,16+,17+,18-,20+/m0/s1. The van der Waals surface area contributed by atoms with Crippen molar-refractivity contribution < 1.29 is 15.3 Å². The van der Waals surface area contributed by atoms with Gasteiger partial charge in [-0.2, -0.15) is 0 Å². The molecule has 5 atom stereocenters. The molecule has 0 radical (unpaired) electrons. The fourth-order valence-electron chi connectivity index (χ4n) is 5.31. The molecule has 0 unspecified atom stereocenters. The first-order valence-electron chi connectivity index (χ1n) is 8.96. The minimum Gasteiger partial charge on any atom is -0.392 e. The van der Waals surface area contributed by atoms with E-state index in [0.29, 0.717) is 12.3 Å². The lowest BCUT2D eigenvalue weighted by molar-refractivity contribution is -0.0893. The SMILES string of the molecule is C=C1[C@H](O)C[C@H]2C(C)(C)CCC[C@]2(C)[C@H]1C[C@@H](O)/C(C)=C/CO. The Bertz CT molecular complexity index is 479. The number of fused-ring (bicyclic) bond motifs is 1. The van der Waals surface area contributed by atoms with E-state index in [1.54, 1.807) is 6.08 Å². The maximum atomic E-state index is 10.6. The van der Waals surface area contributed by atoms with E-state index in [2.05, 4.69) is 27.4 Å². The van der Waals surface area contributed by atoms with Gasteiger partial charge in [-0.3, -0.25) is 0 Å². The van der Waals surface area contributed by atoms with E-state index in [4.69, 9.17) is 5.11 Å². The van der Waals surface area contributed by atoms with Crippen LogP contribution >= 0.6 is 0 Å². The normalized spacial score (nSPS) is 39.0. The van der Waals surface area contributed by atoms with E-state index < -0.39 is 12.2 Å². The molecule has 2 rings (SSSR count). The zero-order chi connectivity index (χ0) is 17.4. The van der Waals surface area contributed by atoms with Gasteiger partial charge in [-0.1, -0.05) is 39.8 Å². The molecule has 2 fully saturated rings. The lowest BCUT2D eigenvalue weighted by Crippen LogP contribution is -2.53. The summed E-state index contributed by atoms with van der Waals surface area (Å²) in [6.45, 7) is 13.0. The highest BCUT2D eigenvalue weighted by atomic mass is 16.3. The molecule has 2 saturated carbocycles. The van der Waals surface area contributed by atoms with E-state index in [1.165, 1.54) is 12.8 Å². The Balaban J connectivity index is 2.31. The Morgan fingerprint density at radius 2 is 2.00 bits per heavy atom. The predicted octanol–water partition coefficient (Wildman–Crippen LogP) is 3.45. The molecule has 0 aromatic heterocycles. The highest BCUT2D eigenvalue weighted by Crippen LogP contribution is 2.61. The molecule has 0 aliphatic heterocycles. The topological polar surface area (TPSA) is 60.7 Å². The maximum absolute atomic E-state index is 10.6. The van der Waals surface area contributed by atoms with Crippen LogP contribution in [0.15, 0.2) is 23.8 Å². The van der Waals surface area contributed by atoms with Crippen molar-refractivity contribution in [3.05, 3.63) is 23.8 Å².